The van der Waals surface area contributed by atoms with Gasteiger partial charge in [-0.25, -0.2) is 4.79 Å². The smallest absolute Gasteiger partial charge is 0.410 e. The monoisotopic (exact) mass is 209 g/mol. The molecule has 0 aliphatic rings. The van der Waals surface area contributed by atoms with Gasteiger partial charge in [0.15, 0.2) is 0 Å². The minimum atomic E-state index is -0.627. The molecule has 0 radical (unpaired) electrons. The molecule has 0 saturated heterocycles. The van der Waals surface area contributed by atoms with Crippen LogP contribution in [-0.2, 0) is 4.79 Å². The average Bonchev–Trinajstić information content (AvgIpc) is 2.30. The Morgan fingerprint density at radius 1 is 1.33 bits per heavy atom. The molecule has 0 saturated carbocycles. The third-order valence-electron chi connectivity index (χ3n) is 1.28. The van der Waals surface area contributed by atoms with Crippen molar-refractivity contribution in [2.75, 3.05) is 6.54 Å². The number of ether oxygens (including phenoxy) is 1. The van der Waals surface area contributed by atoms with Gasteiger partial charge in [0.1, 0.15) is 12.0 Å². The van der Waals surface area contributed by atoms with Crippen LogP contribution in [0.5, 0.6) is 5.75 Å². The molecule has 1 N–H and O–H groups in total. The van der Waals surface area contributed by atoms with Crippen LogP contribution in [0, 0.1) is 0 Å². The second kappa shape index (κ2) is 8.74. The fourth-order valence-electron chi connectivity index (χ4n) is 0.757. The first-order valence-electron chi connectivity index (χ1n) is 4.77. The predicted molar refractivity (Wildman–Crippen MR) is 57.9 cm³/mol. The normalized spacial score (nSPS) is 8.13. The van der Waals surface area contributed by atoms with Crippen molar-refractivity contribution >= 4 is 12.4 Å². The Hall–Kier alpha value is -1.84. The molecule has 82 valence electrons. The van der Waals surface area contributed by atoms with Crippen LogP contribution in [0.15, 0.2) is 30.3 Å². The lowest BCUT2D eigenvalue weighted by molar-refractivity contribution is -0.107. The largest absolute Gasteiger partial charge is 0.412 e. The van der Waals surface area contributed by atoms with Gasteiger partial charge in [0.25, 0.3) is 0 Å². The van der Waals surface area contributed by atoms with Crippen LogP contribution in [-0.4, -0.2) is 18.9 Å². The highest BCUT2D eigenvalue weighted by Gasteiger charge is 2.00. The quantitative estimate of drug-likeness (QED) is 0.774. The number of nitrogens with one attached hydrogen (secondary N) is 1. The van der Waals surface area contributed by atoms with Crippen molar-refractivity contribution in [1.29, 1.82) is 0 Å². The Morgan fingerprint density at radius 2 is 1.93 bits per heavy atom. The van der Waals surface area contributed by atoms with Crippen molar-refractivity contribution in [3.8, 4) is 5.75 Å². The molecule has 0 heterocycles. The van der Waals surface area contributed by atoms with Crippen LogP contribution in [0.2, 0.25) is 0 Å². The third-order valence-corrected chi connectivity index (χ3v) is 1.28. The Balaban J connectivity index is 0.000000921. The summed E-state index contributed by atoms with van der Waals surface area (Å²) in [7, 11) is 0. The summed E-state index contributed by atoms with van der Waals surface area (Å²) >= 11 is 0. The molecule has 1 aromatic carbocycles. The van der Waals surface area contributed by atoms with E-state index in [2.05, 4.69) is 5.32 Å². The summed E-state index contributed by atoms with van der Waals surface area (Å²) in [5.41, 5.74) is 0. The Bertz CT molecular complexity index is 285. The van der Waals surface area contributed by atoms with E-state index < -0.39 is 6.09 Å². The molecular formula is C11H15NO3. The van der Waals surface area contributed by atoms with E-state index in [1.807, 2.05) is 19.9 Å². The number of benzene rings is 1. The highest BCUT2D eigenvalue weighted by atomic mass is 16.6. The van der Waals surface area contributed by atoms with E-state index in [0.717, 1.165) is 0 Å². The maximum atomic E-state index is 10.9. The summed E-state index contributed by atoms with van der Waals surface area (Å²) in [4.78, 5) is 20.8. The Labute approximate surface area is 89.2 Å². The number of carbonyl (C=O) groups excluding carboxylic acids is 2. The molecule has 0 aliphatic carbocycles. The van der Waals surface area contributed by atoms with Crippen LogP contribution >= 0.6 is 0 Å². The highest BCUT2D eigenvalue weighted by molar-refractivity contribution is 5.73. The second-order valence-corrected chi connectivity index (χ2v) is 2.25. The van der Waals surface area contributed by atoms with Crippen LogP contribution in [0.3, 0.4) is 0 Å². The molecule has 4 nitrogen and oxygen atoms in total. The molecule has 1 rings (SSSR count). The SMILES string of the molecule is CC.O=CCNC(=O)Oc1ccccc1. The van der Waals surface area contributed by atoms with Gasteiger partial charge in [0.05, 0.1) is 6.54 Å². The zero-order valence-electron chi connectivity index (χ0n) is 8.90. The van der Waals surface area contributed by atoms with E-state index in [1.54, 1.807) is 24.3 Å². The molecule has 0 spiro atoms. The van der Waals surface area contributed by atoms with Crippen molar-refractivity contribution in [3.63, 3.8) is 0 Å². The highest BCUT2D eigenvalue weighted by Crippen LogP contribution is 2.07. The lowest BCUT2D eigenvalue weighted by Gasteiger charge is -2.02. The van der Waals surface area contributed by atoms with E-state index >= 15 is 0 Å². The van der Waals surface area contributed by atoms with Crippen LogP contribution < -0.4 is 10.1 Å². The molecule has 0 bridgehead atoms. The van der Waals surface area contributed by atoms with E-state index in [9.17, 15) is 9.59 Å². The maximum absolute atomic E-state index is 10.9. The first-order valence-corrected chi connectivity index (χ1v) is 4.77. The molecule has 1 aromatic rings. The Morgan fingerprint density at radius 3 is 2.47 bits per heavy atom. The second-order valence-electron chi connectivity index (χ2n) is 2.25. The standard InChI is InChI=1S/C9H9NO3.C2H6/c11-7-6-10-9(12)13-8-4-2-1-3-5-8;1-2/h1-5,7H,6H2,(H,10,12);1-2H3. The number of hydrogen-bond donors (Lipinski definition) is 1. The van der Waals surface area contributed by atoms with E-state index in [4.69, 9.17) is 4.74 Å². The molecule has 4 heteroatoms. The summed E-state index contributed by atoms with van der Waals surface area (Å²) < 4.78 is 4.81. The summed E-state index contributed by atoms with van der Waals surface area (Å²) in [6.07, 6.45) is -0.0370. The average molecular weight is 209 g/mol. The lowest BCUT2D eigenvalue weighted by Crippen LogP contribution is -2.28. The van der Waals surface area contributed by atoms with Crippen molar-refractivity contribution in [2.45, 2.75) is 13.8 Å². The fourth-order valence-corrected chi connectivity index (χ4v) is 0.757. The van der Waals surface area contributed by atoms with Crippen molar-refractivity contribution in [2.24, 2.45) is 0 Å². The molecule has 0 aliphatic heterocycles. The number of amides is 1. The van der Waals surface area contributed by atoms with E-state index in [-0.39, 0.29) is 6.54 Å². The maximum Gasteiger partial charge on any atom is 0.412 e. The Kier molecular flexibility index (Phi) is 7.67. The number of aldehydes is 1. The zero-order chi connectivity index (χ0) is 11.5. The molecule has 15 heavy (non-hydrogen) atoms. The summed E-state index contributed by atoms with van der Waals surface area (Å²) in [5.74, 6) is 0.450. The minimum absolute atomic E-state index is 0.0360. The molecular weight excluding hydrogens is 194 g/mol. The van der Waals surface area contributed by atoms with Crippen LogP contribution in [0.25, 0.3) is 0 Å². The first kappa shape index (κ1) is 13.2. The molecule has 0 aromatic heterocycles. The summed E-state index contributed by atoms with van der Waals surface area (Å²) in [6.45, 7) is 3.96. The minimum Gasteiger partial charge on any atom is -0.410 e. The first-order chi connectivity index (χ1) is 7.33. The fraction of sp³-hybridized carbons (Fsp3) is 0.273. The van der Waals surface area contributed by atoms with Crippen molar-refractivity contribution in [1.82, 2.24) is 5.32 Å². The summed E-state index contributed by atoms with van der Waals surface area (Å²) in [6, 6.07) is 8.63. The number of para-hydroxylation sites is 1. The van der Waals surface area contributed by atoms with Crippen molar-refractivity contribution < 1.29 is 14.3 Å². The van der Waals surface area contributed by atoms with Gasteiger partial charge in [-0.2, -0.15) is 0 Å². The van der Waals surface area contributed by atoms with Gasteiger partial charge in [0, 0.05) is 0 Å². The molecule has 0 fully saturated rings. The van der Waals surface area contributed by atoms with Gasteiger partial charge in [-0.15, -0.1) is 0 Å². The molecule has 1 amide bonds. The number of carbonyl (C=O) groups is 2. The van der Waals surface area contributed by atoms with Crippen molar-refractivity contribution in [3.05, 3.63) is 30.3 Å². The van der Waals surface area contributed by atoms with E-state index in [1.165, 1.54) is 0 Å². The van der Waals surface area contributed by atoms with Gasteiger partial charge >= 0.3 is 6.09 Å². The molecule has 0 atom stereocenters. The van der Waals surface area contributed by atoms with Crippen LogP contribution in [0.4, 0.5) is 4.79 Å². The topological polar surface area (TPSA) is 55.4 Å². The third kappa shape index (κ3) is 6.26. The van der Waals surface area contributed by atoms with Gasteiger partial charge in [-0.1, -0.05) is 32.0 Å². The summed E-state index contributed by atoms with van der Waals surface area (Å²) in [5, 5.41) is 2.25. The molecule has 0 unspecified atom stereocenters. The van der Waals surface area contributed by atoms with Gasteiger partial charge in [0.2, 0.25) is 0 Å². The number of hydrogen-bond acceptors (Lipinski definition) is 3. The van der Waals surface area contributed by atoms with Gasteiger partial charge in [-0.05, 0) is 12.1 Å². The van der Waals surface area contributed by atoms with Crippen LogP contribution in [0.1, 0.15) is 13.8 Å². The van der Waals surface area contributed by atoms with Gasteiger partial charge < -0.3 is 14.8 Å². The predicted octanol–water partition coefficient (Wildman–Crippen LogP) is 2.00. The van der Waals surface area contributed by atoms with Gasteiger partial charge in [-0.3, -0.25) is 0 Å². The lowest BCUT2D eigenvalue weighted by atomic mass is 10.3. The zero-order valence-corrected chi connectivity index (χ0v) is 8.90. The van der Waals surface area contributed by atoms with E-state index in [0.29, 0.717) is 12.0 Å². The number of rotatable bonds is 3.